The van der Waals surface area contributed by atoms with E-state index >= 15 is 0 Å². The van der Waals surface area contributed by atoms with Crippen molar-refractivity contribution in [3.05, 3.63) is 27.7 Å². The first-order chi connectivity index (χ1) is 6.90. The number of nitrogens with one attached hydrogen (secondary N) is 1. The van der Waals surface area contributed by atoms with Crippen molar-refractivity contribution in [2.45, 2.75) is 6.54 Å². The molecule has 0 saturated carbocycles. The number of hydrogen-bond acceptors (Lipinski definition) is 5. The fraction of sp³-hybridized carbons (Fsp3) is 0.167. The van der Waals surface area contributed by atoms with Gasteiger partial charge in [0.15, 0.2) is 5.01 Å². The third-order valence-corrected chi connectivity index (χ3v) is 2.41. The lowest BCUT2D eigenvalue weighted by molar-refractivity contribution is 0.948. The molecule has 2 aromatic rings. The van der Waals surface area contributed by atoms with Crippen molar-refractivity contribution < 1.29 is 0 Å². The molecule has 0 aliphatic heterocycles. The Balaban J connectivity index is 2.22. The standard InChI is InChI=1S/C6H5N7S/c7-13-9-3-5-11-12-6(14-5)4-1-2-8-10-4/h1-2H,3H2,(H,8,10). The van der Waals surface area contributed by atoms with Crippen molar-refractivity contribution in [1.82, 2.24) is 20.4 Å². The van der Waals surface area contributed by atoms with Crippen LogP contribution in [0.2, 0.25) is 0 Å². The van der Waals surface area contributed by atoms with E-state index in [0.29, 0.717) is 5.01 Å². The van der Waals surface area contributed by atoms with Crippen LogP contribution in [0.3, 0.4) is 0 Å². The Labute approximate surface area is 82.4 Å². The Morgan fingerprint density at radius 2 is 2.50 bits per heavy atom. The zero-order valence-electron chi connectivity index (χ0n) is 6.95. The monoisotopic (exact) mass is 207 g/mol. The maximum absolute atomic E-state index is 8.12. The zero-order valence-corrected chi connectivity index (χ0v) is 7.77. The minimum atomic E-state index is 0.238. The predicted molar refractivity (Wildman–Crippen MR) is 50.3 cm³/mol. The van der Waals surface area contributed by atoms with Gasteiger partial charge in [-0.25, -0.2) is 0 Å². The van der Waals surface area contributed by atoms with Gasteiger partial charge in [-0.05, 0) is 11.6 Å². The summed E-state index contributed by atoms with van der Waals surface area (Å²) in [6.45, 7) is 0.238. The molecule has 0 aliphatic carbocycles. The van der Waals surface area contributed by atoms with E-state index in [-0.39, 0.29) is 6.54 Å². The molecule has 2 aromatic heterocycles. The van der Waals surface area contributed by atoms with Crippen LogP contribution in [0, 0.1) is 0 Å². The van der Waals surface area contributed by atoms with Crippen LogP contribution >= 0.6 is 11.3 Å². The summed E-state index contributed by atoms with van der Waals surface area (Å²) >= 11 is 1.37. The summed E-state index contributed by atoms with van der Waals surface area (Å²) in [5, 5.41) is 19.2. The summed E-state index contributed by atoms with van der Waals surface area (Å²) in [7, 11) is 0. The maximum atomic E-state index is 8.12. The maximum Gasteiger partial charge on any atom is 0.165 e. The lowest BCUT2D eigenvalue weighted by atomic mass is 10.5. The van der Waals surface area contributed by atoms with E-state index in [0.717, 1.165) is 10.7 Å². The van der Waals surface area contributed by atoms with Gasteiger partial charge in [0.2, 0.25) is 0 Å². The van der Waals surface area contributed by atoms with E-state index in [9.17, 15) is 0 Å². The normalized spacial score (nSPS) is 9.71. The van der Waals surface area contributed by atoms with Crippen molar-refractivity contribution >= 4 is 11.3 Å². The van der Waals surface area contributed by atoms with Gasteiger partial charge in [0, 0.05) is 11.1 Å². The van der Waals surface area contributed by atoms with Gasteiger partial charge in [0.1, 0.15) is 5.01 Å². The van der Waals surface area contributed by atoms with Crippen molar-refractivity contribution in [3.63, 3.8) is 0 Å². The first-order valence-corrected chi connectivity index (χ1v) is 4.55. The number of azide groups is 1. The smallest absolute Gasteiger partial charge is 0.165 e. The summed E-state index contributed by atoms with van der Waals surface area (Å²) in [6, 6.07) is 1.80. The number of hydrogen-bond donors (Lipinski definition) is 1. The Hall–Kier alpha value is -1.92. The molecule has 0 saturated heterocycles. The van der Waals surface area contributed by atoms with Crippen LogP contribution in [-0.4, -0.2) is 20.4 Å². The van der Waals surface area contributed by atoms with Gasteiger partial charge >= 0.3 is 0 Å². The molecular weight excluding hydrogens is 202 g/mol. The van der Waals surface area contributed by atoms with Crippen molar-refractivity contribution in [1.29, 1.82) is 0 Å². The Bertz CT molecular complexity index is 452. The average Bonchev–Trinajstić information content (AvgIpc) is 2.85. The molecule has 14 heavy (non-hydrogen) atoms. The third kappa shape index (κ3) is 1.70. The molecule has 70 valence electrons. The minimum absolute atomic E-state index is 0.238. The van der Waals surface area contributed by atoms with E-state index in [1.807, 2.05) is 0 Å². The van der Waals surface area contributed by atoms with E-state index in [1.54, 1.807) is 12.3 Å². The van der Waals surface area contributed by atoms with E-state index in [1.165, 1.54) is 11.3 Å². The largest absolute Gasteiger partial charge is 0.275 e. The molecule has 0 fully saturated rings. The average molecular weight is 207 g/mol. The number of nitrogens with zero attached hydrogens (tertiary/aromatic N) is 6. The highest BCUT2D eigenvalue weighted by Gasteiger charge is 2.06. The molecule has 0 amide bonds. The number of rotatable bonds is 3. The lowest BCUT2D eigenvalue weighted by Gasteiger charge is -1.83. The fourth-order valence-electron chi connectivity index (χ4n) is 0.893. The molecule has 0 atom stereocenters. The molecule has 2 rings (SSSR count). The predicted octanol–water partition coefficient (Wildman–Crippen LogP) is 1.74. The molecular formula is C6H5N7S. The molecule has 7 nitrogen and oxygen atoms in total. The molecule has 8 heteroatoms. The number of aromatic amines is 1. The van der Waals surface area contributed by atoms with Crippen LogP contribution in [0.25, 0.3) is 21.1 Å². The van der Waals surface area contributed by atoms with Gasteiger partial charge < -0.3 is 0 Å². The van der Waals surface area contributed by atoms with Crippen LogP contribution in [0.4, 0.5) is 0 Å². The van der Waals surface area contributed by atoms with Crippen LogP contribution < -0.4 is 0 Å². The Morgan fingerprint density at radius 1 is 1.57 bits per heavy atom. The van der Waals surface area contributed by atoms with E-state index in [4.69, 9.17) is 5.53 Å². The van der Waals surface area contributed by atoms with Gasteiger partial charge in [0.25, 0.3) is 0 Å². The zero-order chi connectivity index (χ0) is 9.80. The second kappa shape index (κ2) is 3.86. The molecule has 0 radical (unpaired) electrons. The highest BCUT2D eigenvalue weighted by molar-refractivity contribution is 7.14. The topological polar surface area (TPSA) is 103 Å². The minimum Gasteiger partial charge on any atom is -0.275 e. The van der Waals surface area contributed by atoms with Crippen LogP contribution in [0.1, 0.15) is 5.01 Å². The summed E-state index contributed by atoms with van der Waals surface area (Å²) in [6.07, 6.45) is 1.64. The lowest BCUT2D eigenvalue weighted by Crippen LogP contribution is -1.77. The highest BCUT2D eigenvalue weighted by atomic mass is 32.1. The van der Waals surface area contributed by atoms with E-state index in [2.05, 4.69) is 30.4 Å². The fourth-order valence-corrected chi connectivity index (χ4v) is 1.63. The van der Waals surface area contributed by atoms with Gasteiger partial charge in [-0.15, -0.1) is 10.2 Å². The SMILES string of the molecule is [N-]=[N+]=NCc1nnc(-c2ccn[nH]2)s1. The molecule has 0 aliphatic rings. The number of H-pyrrole nitrogens is 1. The molecule has 1 N–H and O–H groups in total. The summed E-state index contributed by atoms with van der Waals surface area (Å²) in [4.78, 5) is 2.65. The van der Waals surface area contributed by atoms with Gasteiger partial charge in [-0.2, -0.15) is 5.10 Å². The second-order valence-electron chi connectivity index (χ2n) is 2.36. The molecule has 0 spiro atoms. The molecule has 0 bridgehead atoms. The first kappa shape index (κ1) is 8.67. The highest BCUT2D eigenvalue weighted by Crippen LogP contribution is 2.21. The summed E-state index contributed by atoms with van der Waals surface area (Å²) < 4.78 is 0. The summed E-state index contributed by atoms with van der Waals surface area (Å²) in [5.41, 5.74) is 8.93. The number of aromatic nitrogens is 4. The van der Waals surface area contributed by atoms with Gasteiger partial charge in [0.05, 0.1) is 12.2 Å². The summed E-state index contributed by atoms with van der Waals surface area (Å²) in [5.74, 6) is 0. The first-order valence-electron chi connectivity index (χ1n) is 3.73. The van der Waals surface area contributed by atoms with Crippen LogP contribution in [0.15, 0.2) is 17.4 Å². The second-order valence-corrected chi connectivity index (χ2v) is 3.42. The van der Waals surface area contributed by atoms with Crippen LogP contribution in [0.5, 0.6) is 0 Å². The van der Waals surface area contributed by atoms with Crippen molar-refractivity contribution in [3.8, 4) is 10.7 Å². The molecule has 0 unspecified atom stereocenters. The third-order valence-electron chi connectivity index (χ3n) is 1.47. The quantitative estimate of drug-likeness (QED) is 0.470. The Kier molecular flexibility index (Phi) is 2.39. The van der Waals surface area contributed by atoms with Crippen LogP contribution in [-0.2, 0) is 6.54 Å². The Morgan fingerprint density at radius 3 is 3.21 bits per heavy atom. The molecule has 2 heterocycles. The van der Waals surface area contributed by atoms with Gasteiger partial charge in [-0.1, -0.05) is 16.5 Å². The van der Waals surface area contributed by atoms with Gasteiger partial charge in [-0.3, -0.25) is 5.10 Å². The van der Waals surface area contributed by atoms with Crippen molar-refractivity contribution in [2.24, 2.45) is 5.11 Å². The van der Waals surface area contributed by atoms with E-state index < -0.39 is 0 Å². The molecule has 0 aromatic carbocycles. The van der Waals surface area contributed by atoms with Crippen molar-refractivity contribution in [2.75, 3.05) is 0 Å².